The van der Waals surface area contributed by atoms with E-state index in [1.165, 1.54) is 0 Å². The zero-order chi connectivity index (χ0) is 7.33. The van der Waals surface area contributed by atoms with Crippen LogP contribution >= 0.6 is 7.82 Å². The topological polar surface area (TPSA) is 74.2 Å². The molecule has 0 heterocycles. The fraction of sp³-hybridized carbons (Fsp3) is 0. The highest BCUT2D eigenvalue weighted by atomic mass is 31.2. The van der Waals surface area contributed by atoms with Crippen LogP contribution in [0.25, 0.3) is 0 Å². The summed E-state index contributed by atoms with van der Waals surface area (Å²) < 4.78 is 36.4. The van der Waals surface area contributed by atoms with Crippen molar-refractivity contribution in [3.8, 4) is 0 Å². The number of phosphoric acid groups is 1. The van der Waals surface area contributed by atoms with Gasteiger partial charge in [-0.3, -0.25) is 4.89 Å². The molecule has 0 aliphatic carbocycles. The first-order valence-corrected chi connectivity index (χ1v) is 2.89. The Balaban J connectivity index is 3.58. The van der Waals surface area contributed by atoms with Gasteiger partial charge in [0.1, 0.15) is 0 Å². The molecule has 0 amide bonds. The Morgan fingerprint density at radius 1 is 1.22 bits per heavy atom. The van der Waals surface area contributed by atoms with E-state index in [-0.39, 0.29) is 0 Å². The van der Waals surface area contributed by atoms with Crippen LogP contribution in [-0.4, -0.2) is 4.89 Å². The molecule has 0 aliphatic heterocycles. The Hall–Kier alpha value is -0.110. The predicted molar refractivity (Wildman–Crippen MR) is 16.4 cm³/mol. The second-order valence-electron chi connectivity index (χ2n) is 0.744. The Morgan fingerprint density at radius 3 is 1.78 bits per heavy atom. The van der Waals surface area contributed by atoms with Crippen LogP contribution in [0.4, 0.5) is 9.05 Å². The van der Waals surface area contributed by atoms with Crippen molar-refractivity contribution in [2.45, 2.75) is 0 Å². The summed E-state index contributed by atoms with van der Waals surface area (Å²) in [6.45, 7) is 0. The molecule has 0 rings (SSSR count). The molecule has 0 atom stereocenters. The van der Waals surface area contributed by atoms with E-state index in [1.807, 2.05) is 0 Å². The first-order valence-electron chi connectivity index (χ1n) is 1.39. The van der Waals surface area contributed by atoms with E-state index in [4.69, 9.17) is 4.89 Å². The fourth-order valence-electron chi connectivity index (χ4n) is 0.0836. The lowest BCUT2D eigenvalue weighted by molar-refractivity contribution is -0.419. The third-order valence-electron chi connectivity index (χ3n) is 0.245. The lowest BCUT2D eigenvalue weighted by Crippen LogP contribution is -1.88. The molecule has 6 nitrogen and oxygen atoms in total. The van der Waals surface area contributed by atoms with E-state index < -0.39 is 7.82 Å². The zero-order valence-corrected chi connectivity index (χ0v) is 4.59. The first kappa shape index (κ1) is 8.89. The fourth-order valence-corrected chi connectivity index (χ4v) is 0.251. The van der Waals surface area contributed by atoms with Crippen LogP contribution in [0.1, 0.15) is 0 Å². The van der Waals surface area contributed by atoms with Gasteiger partial charge in [-0.25, -0.2) is 4.57 Å². The molecule has 0 aromatic carbocycles. The molecule has 0 fully saturated rings. The summed E-state index contributed by atoms with van der Waals surface area (Å²) in [7, 11) is -4.89. The van der Waals surface area contributed by atoms with Crippen molar-refractivity contribution in [2.24, 2.45) is 0 Å². The number of hydrogen-bond acceptors (Lipinski definition) is 5. The Morgan fingerprint density at radius 2 is 1.56 bits per heavy atom. The van der Waals surface area contributed by atoms with E-state index in [9.17, 15) is 13.6 Å². The minimum absolute atomic E-state index is 2.17. The highest BCUT2D eigenvalue weighted by Gasteiger charge is 2.25. The monoisotopic (exact) mass is 166 g/mol. The van der Waals surface area contributed by atoms with Crippen molar-refractivity contribution < 1.29 is 38.0 Å². The second kappa shape index (κ2) is 3.83. The van der Waals surface area contributed by atoms with Crippen LogP contribution in [0.2, 0.25) is 0 Å². The molecule has 0 radical (unpaired) electrons. The average Bonchev–Trinajstić information content (AvgIpc) is 1.64. The van der Waals surface area contributed by atoms with E-state index in [0.717, 1.165) is 0 Å². The van der Waals surface area contributed by atoms with Crippen molar-refractivity contribution in [1.29, 1.82) is 0 Å². The SMILES string of the molecule is O=P(O)(OOF)OOF. The van der Waals surface area contributed by atoms with Crippen molar-refractivity contribution in [3.05, 3.63) is 0 Å². The van der Waals surface area contributed by atoms with Gasteiger partial charge < -0.3 is 0 Å². The van der Waals surface area contributed by atoms with Gasteiger partial charge in [0.15, 0.2) is 0 Å². The largest absolute Gasteiger partial charge is 0.531 e. The highest BCUT2D eigenvalue weighted by molar-refractivity contribution is 7.47. The normalized spacial score (nSPS) is 11.9. The third kappa shape index (κ3) is 4.40. The third-order valence-corrected chi connectivity index (χ3v) is 0.734. The highest BCUT2D eigenvalue weighted by Crippen LogP contribution is 2.43. The maximum Gasteiger partial charge on any atom is 0.531 e. The molecule has 0 unspecified atom stereocenters. The standard InChI is InChI=1S/F2HO6P/c1-5-7-9(3,4)8-6-2/h(H,3,4). The second-order valence-corrected chi connectivity index (χ2v) is 1.98. The minimum Gasteiger partial charge on any atom is -0.299 e. The summed E-state index contributed by atoms with van der Waals surface area (Å²) >= 11 is 0. The molecule has 0 spiro atoms. The molecule has 0 aliphatic rings. The van der Waals surface area contributed by atoms with Crippen LogP contribution in [-0.2, 0) is 24.1 Å². The van der Waals surface area contributed by atoms with Gasteiger partial charge in [0.05, 0.1) is 0 Å². The van der Waals surface area contributed by atoms with Gasteiger partial charge in [0.25, 0.3) is 0 Å². The van der Waals surface area contributed by atoms with Crippen LogP contribution < -0.4 is 0 Å². The quantitative estimate of drug-likeness (QED) is 0.377. The lowest BCUT2D eigenvalue weighted by Gasteiger charge is -1.99. The summed E-state index contributed by atoms with van der Waals surface area (Å²) in [6.07, 6.45) is 0. The predicted octanol–water partition coefficient (Wildman–Crippen LogP) is 0.752. The first-order chi connectivity index (χ1) is 4.12. The molecule has 56 valence electrons. The van der Waals surface area contributed by atoms with E-state index in [1.54, 1.807) is 0 Å². The molecule has 0 saturated heterocycles. The van der Waals surface area contributed by atoms with Crippen LogP contribution in [0.5, 0.6) is 0 Å². The van der Waals surface area contributed by atoms with Gasteiger partial charge in [-0.15, -0.1) is 0 Å². The Bertz CT molecular complexity index is 102. The van der Waals surface area contributed by atoms with Crippen molar-refractivity contribution in [1.82, 2.24) is 0 Å². The maximum atomic E-state index is 10.5. The molecule has 1 N–H and O–H groups in total. The van der Waals surface area contributed by atoms with Gasteiger partial charge >= 0.3 is 7.82 Å². The molecule has 9 heteroatoms. The van der Waals surface area contributed by atoms with Gasteiger partial charge in [-0.05, 0) is 19.2 Å². The number of hydrogen-bond donors (Lipinski definition) is 1. The maximum absolute atomic E-state index is 10.5. The Kier molecular flexibility index (Phi) is 3.78. The molecule has 0 saturated carbocycles. The zero-order valence-electron chi connectivity index (χ0n) is 3.69. The smallest absolute Gasteiger partial charge is 0.299 e. The summed E-state index contributed by atoms with van der Waals surface area (Å²) in [5, 5.41) is 4.35. The molecule has 0 bridgehead atoms. The lowest BCUT2D eigenvalue weighted by atomic mass is 14.8. The summed E-state index contributed by atoms with van der Waals surface area (Å²) in [5.41, 5.74) is 0. The van der Waals surface area contributed by atoms with Crippen molar-refractivity contribution >= 4 is 7.82 Å². The summed E-state index contributed by atoms with van der Waals surface area (Å²) in [5.74, 6) is 0. The van der Waals surface area contributed by atoms with E-state index >= 15 is 0 Å². The van der Waals surface area contributed by atoms with Crippen LogP contribution in [0, 0.1) is 0 Å². The Labute approximate surface area is 47.2 Å². The number of rotatable bonds is 4. The molecule has 0 aromatic heterocycles. The van der Waals surface area contributed by atoms with Crippen molar-refractivity contribution in [3.63, 3.8) is 0 Å². The van der Waals surface area contributed by atoms with Gasteiger partial charge in [-0.1, -0.05) is 9.35 Å². The van der Waals surface area contributed by atoms with Gasteiger partial charge in [0, 0.05) is 0 Å². The van der Waals surface area contributed by atoms with Crippen LogP contribution in [0.15, 0.2) is 0 Å². The molecule has 0 aromatic rings. The van der Waals surface area contributed by atoms with Gasteiger partial charge in [-0.2, -0.15) is 0 Å². The summed E-state index contributed by atoms with van der Waals surface area (Å²) in [6, 6.07) is 0. The van der Waals surface area contributed by atoms with Gasteiger partial charge in [0.2, 0.25) is 0 Å². The molecular weight excluding hydrogens is 165 g/mol. The average molecular weight is 166 g/mol. The molecule has 9 heavy (non-hydrogen) atoms. The minimum atomic E-state index is -4.89. The van der Waals surface area contributed by atoms with E-state index in [0.29, 0.717) is 0 Å². The summed E-state index contributed by atoms with van der Waals surface area (Å²) in [4.78, 5) is 7.90. The molecular formula is HF2O6P. The van der Waals surface area contributed by atoms with Crippen LogP contribution in [0.3, 0.4) is 0 Å². The van der Waals surface area contributed by atoms with E-state index in [2.05, 4.69) is 19.5 Å². The van der Waals surface area contributed by atoms with Crippen molar-refractivity contribution in [2.75, 3.05) is 0 Å². The number of halogens is 2.